The molecule has 10 nitrogen and oxygen atoms in total. The number of aldehydes is 1. The summed E-state index contributed by atoms with van der Waals surface area (Å²) >= 11 is 0. The zero-order chi connectivity index (χ0) is 25.0. The second-order valence-corrected chi connectivity index (χ2v) is 9.50. The molecular formula is C24H31N3O7. The van der Waals surface area contributed by atoms with Gasteiger partial charge in [0.1, 0.15) is 24.0 Å². The molecule has 0 aliphatic carbocycles. The van der Waals surface area contributed by atoms with Gasteiger partial charge in [-0.25, -0.2) is 4.79 Å². The second-order valence-electron chi connectivity index (χ2n) is 9.50. The highest BCUT2D eigenvalue weighted by atomic mass is 16.6. The monoisotopic (exact) mass is 473 g/mol. The highest BCUT2D eigenvalue weighted by Crippen LogP contribution is 2.27. The van der Waals surface area contributed by atoms with Crippen LogP contribution in [0.5, 0.6) is 5.75 Å². The number of likely N-dealkylation sites (tertiary alicyclic amines) is 1. The maximum atomic E-state index is 13.3. The fraction of sp³-hybridized carbons (Fsp3) is 0.542. The molecule has 0 saturated carbocycles. The molecular weight excluding hydrogens is 442 g/mol. The van der Waals surface area contributed by atoms with Gasteiger partial charge in [0.2, 0.25) is 11.8 Å². The first-order valence-corrected chi connectivity index (χ1v) is 11.3. The van der Waals surface area contributed by atoms with Gasteiger partial charge in [-0.15, -0.1) is 0 Å². The van der Waals surface area contributed by atoms with Crippen molar-refractivity contribution in [2.24, 2.45) is 0 Å². The third kappa shape index (κ3) is 5.73. The summed E-state index contributed by atoms with van der Waals surface area (Å²) in [6.07, 6.45) is 1.96. The molecule has 0 aromatic heterocycles. The lowest BCUT2D eigenvalue weighted by atomic mass is 10.0. The molecule has 0 spiro atoms. The molecule has 0 bridgehead atoms. The minimum Gasteiger partial charge on any atom is -0.491 e. The van der Waals surface area contributed by atoms with E-state index in [0.717, 1.165) is 6.42 Å². The molecule has 0 radical (unpaired) electrons. The summed E-state index contributed by atoms with van der Waals surface area (Å²) in [4.78, 5) is 64.1. The first kappa shape index (κ1) is 25.2. The molecule has 3 rings (SSSR count). The Balaban J connectivity index is 1.78. The number of carbonyl (C=O) groups is 5. The van der Waals surface area contributed by atoms with Crippen LogP contribution in [0.1, 0.15) is 67.2 Å². The van der Waals surface area contributed by atoms with Gasteiger partial charge < -0.3 is 19.3 Å². The van der Waals surface area contributed by atoms with Crippen LogP contribution in [0.4, 0.5) is 4.79 Å². The number of ether oxygens (including phenoxy) is 2. The van der Waals surface area contributed by atoms with Crippen LogP contribution in [-0.2, 0) is 14.3 Å². The van der Waals surface area contributed by atoms with E-state index in [2.05, 4.69) is 5.32 Å². The SMILES string of the molecule is CN(C(=O)c1c(C=O)cccc1OCC1CCCN1C(=O)OC(C)(C)C)C1CCC(=O)NC1=O. The predicted molar refractivity (Wildman–Crippen MR) is 122 cm³/mol. The van der Waals surface area contributed by atoms with Crippen molar-refractivity contribution in [2.75, 3.05) is 20.2 Å². The summed E-state index contributed by atoms with van der Waals surface area (Å²) < 4.78 is 11.4. The third-order valence-corrected chi connectivity index (χ3v) is 5.83. The fourth-order valence-electron chi connectivity index (χ4n) is 4.12. The van der Waals surface area contributed by atoms with Gasteiger partial charge in [0.05, 0.1) is 11.6 Å². The van der Waals surface area contributed by atoms with E-state index < -0.39 is 29.6 Å². The number of nitrogens with zero attached hydrogens (tertiary/aromatic N) is 2. The number of hydrogen-bond acceptors (Lipinski definition) is 7. The topological polar surface area (TPSA) is 122 Å². The summed E-state index contributed by atoms with van der Waals surface area (Å²) in [5.74, 6) is -1.32. The third-order valence-electron chi connectivity index (χ3n) is 5.83. The van der Waals surface area contributed by atoms with E-state index in [9.17, 15) is 24.0 Å². The molecule has 2 saturated heterocycles. The number of amides is 4. The number of nitrogens with one attached hydrogen (secondary N) is 1. The van der Waals surface area contributed by atoms with Crippen LogP contribution in [0.2, 0.25) is 0 Å². The molecule has 1 aromatic rings. The van der Waals surface area contributed by atoms with Crippen molar-refractivity contribution in [3.05, 3.63) is 29.3 Å². The van der Waals surface area contributed by atoms with Crippen molar-refractivity contribution in [1.29, 1.82) is 0 Å². The molecule has 184 valence electrons. The van der Waals surface area contributed by atoms with E-state index in [-0.39, 0.29) is 48.3 Å². The van der Waals surface area contributed by atoms with E-state index in [1.165, 1.54) is 18.0 Å². The Kier molecular flexibility index (Phi) is 7.58. The highest BCUT2D eigenvalue weighted by Gasteiger charge is 2.35. The Morgan fingerprint density at radius 3 is 2.62 bits per heavy atom. The lowest BCUT2D eigenvalue weighted by molar-refractivity contribution is -0.136. The van der Waals surface area contributed by atoms with Gasteiger partial charge in [0.15, 0.2) is 6.29 Å². The number of hydrogen-bond donors (Lipinski definition) is 1. The van der Waals surface area contributed by atoms with E-state index in [0.29, 0.717) is 19.3 Å². The van der Waals surface area contributed by atoms with Crippen molar-refractivity contribution in [2.45, 2.75) is 64.1 Å². The lowest BCUT2D eigenvalue weighted by Crippen LogP contribution is -2.53. The molecule has 34 heavy (non-hydrogen) atoms. The average Bonchev–Trinajstić information content (AvgIpc) is 3.24. The maximum absolute atomic E-state index is 13.3. The Bertz CT molecular complexity index is 985. The van der Waals surface area contributed by atoms with Crippen molar-refractivity contribution in [3.63, 3.8) is 0 Å². The van der Waals surface area contributed by atoms with Crippen molar-refractivity contribution in [1.82, 2.24) is 15.1 Å². The largest absolute Gasteiger partial charge is 0.491 e. The van der Waals surface area contributed by atoms with Crippen molar-refractivity contribution >= 4 is 30.1 Å². The van der Waals surface area contributed by atoms with Crippen LogP contribution in [-0.4, -0.2) is 77.8 Å². The average molecular weight is 474 g/mol. The predicted octanol–water partition coefficient (Wildman–Crippen LogP) is 2.15. The molecule has 1 aromatic carbocycles. The van der Waals surface area contributed by atoms with Gasteiger partial charge >= 0.3 is 6.09 Å². The Morgan fingerprint density at radius 2 is 1.97 bits per heavy atom. The molecule has 1 N–H and O–H groups in total. The normalized spacial score (nSPS) is 20.5. The van der Waals surface area contributed by atoms with Crippen LogP contribution >= 0.6 is 0 Å². The summed E-state index contributed by atoms with van der Waals surface area (Å²) in [5, 5.41) is 2.23. The standard InChI is InChI=1S/C24H31N3O7/c1-24(2,3)34-23(32)27-12-6-8-16(27)14-33-18-9-5-7-15(13-28)20(18)22(31)26(4)17-10-11-19(29)25-21(17)30/h5,7,9,13,16-17H,6,8,10-12,14H2,1-4H3,(H,25,29,30). The Hall–Kier alpha value is -3.43. The van der Waals surface area contributed by atoms with Crippen LogP contribution in [0, 0.1) is 0 Å². The highest BCUT2D eigenvalue weighted by molar-refractivity contribution is 6.07. The first-order valence-electron chi connectivity index (χ1n) is 11.3. The van der Waals surface area contributed by atoms with Crippen LogP contribution < -0.4 is 10.1 Å². The maximum Gasteiger partial charge on any atom is 0.410 e. The summed E-state index contributed by atoms with van der Waals surface area (Å²) in [5.41, 5.74) is -0.465. The summed E-state index contributed by atoms with van der Waals surface area (Å²) in [6, 6.07) is 3.59. The molecule has 2 aliphatic heterocycles. The minimum atomic E-state index is -0.838. The number of carbonyl (C=O) groups excluding carboxylic acids is 5. The molecule has 10 heteroatoms. The Morgan fingerprint density at radius 1 is 1.24 bits per heavy atom. The summed E-state index contributed by atoms with van der Waals surface area (Å²) in [6.45, 7) is 6.06. The fourth-order valence-corrected chi connectivity index (χ4v) is 4.12. The number of imide groups is 1. The smallest absolute Gasteiger partial charge is 0.410 e. The minimum absolute atomic E-state index is 0.0338. The van der Waals surface area contributed by atoms with Crippen molar-refractivity contribution in [3.8, 4) is 5.75 Å². The molecule has 2 heterocycles. The molecule has 2 atom stereocenters. The molecule has 2 aliphatic rings. The van der Waals surface area contributed by atoms with E-state index in [4.69, 9.17) is 9.47 Å². The van der Waals surface area contributed by atoms with Crippen LogP contribution in [0.3, 0.4) is 0 Å². The molecule has 2 unspecified atom stereocenters. The Labute approximate surface area is 198 Å². The van der Waals surface area contributed by atoms with Crippen molar-refractivity contribution < 1.29 is 33.4 Å². The molecule has 4 amide bonds. The number of likely N-dealkylation sites (N-methyl/N-ethyl adjacent to an activating group) is 1. The van der Waals surface area contributed by atoms with Gasteiger partial charge in [0.25, 0.3) is 5.91 Å². The number of rotatable bonds is 6. The van der Waals surface area contributed by atoms with E-state index in [1.807, 2.05) is 0 Å². The van der Waals surface area contributed by atoms with E-state index in [1.54, 1.807) is 37.8 Å². The van der Waals surface area contributed by atoms with Gasteiger partial charge in [-0.1, -0.05) is 12.1 Å². The second kappa shape index (κ2) is 10.2. The lowest BCUT2D eigenvalue weighted by Gasteiger charge is -2.31. The summed E-state index contributed by atoms with van der Waals surface area (Å²) in [7, 11) is 1.45. The van der Waals surface area contributed by atoms with Gasteiger partial charge in [-0.3, -0.25) is 24.5 Å². The van der Waals surface area contributed by atoms with Crippen LogP contribution in [0.25, 0.3) is 0 Å². The zero-order valence-electron chi connectivity index (χ0n) is 20.0. The van der Waals surface area contributed by atoms with Crippen LogP contribution in [0.15, 0.2) is 18.2 Å². The number of piperidine rings is 1. The number of benzene rings is 1. The van der Waals surface area contributed by atoms with Gasteiger partial charge in [0, 0.05) is 25.6 Å². The quantitative estimate of drug-likeness (QED) is 0.496. The van der Waals surface area contributed by atoms with Gasteiger partial charge in [-0.05, 0) is 46.1 Å². The van der Waals surface area contributed by atoms with Gasteiger partial charge in [-0.2, -0.15) is 0 Å². The first-order chi connectivity index (χ1) is 16.0. The molecule has 2 fully saturated rings. The zero-order valence-corrected chi connectivity index (χ0v) is 20.0. The van der Waals surface area contributed by atoms with E-state index >= 15 is 0 Å².